The third-order valence-electron chi connectivity index (χ3n) is 2.89. The van der Waals surface area contributed by atoms with Gasteiger partial charge in [-0.3, -0.25) is 4.79 Å². The Labute approximate surface area is 113 Å². The minimum atomic E-state index is -0.767. The van der Waals surface area contributed by atoms with Gasteiger partial charge in [-0.25, -0.2) is 0 Å². The van der Waals surface area contributed by atoms with E-state index in [1.807, 2.05) is 25.1 Å². The van der Waals surface area contributed by atoms with E-state index in [4.69, 9.17) is 16.7 Å². The lowest BCUT2D eigenvalue weighted by molar-refractivity contribution is -0.136. The standard InChI is InChI=1S/C14H20ClNO2/c1-3-4-8-16(9-7-14(17)18)13-10-12(15)6-5-11(13)2/h5-6,10H,3-4,7-9H2,1-2H3,(H,17,18). The number of hydrogen-bond donors (Lipinski definition) is 1. The second-order valence-electron chi connectivity index (χ2n) is 4.42. The van der Waals surface area contributed by atoms with Crippen molar-refractivity contribution in [3.05, 3.63) is 28.8 Å². The molecule has 3 nitrogen and oxygen atoms in total. The number of carbonyl (C=O) groups is 1. The molecule has 4 heteroatoms. The summed E-state index contributed by atoms with van der Waals surface area (Å²) in [6.07, 6.45) is 2.28. The maximum absolute atomic E-state index is 10.7. The SMILES string of the molecule is CCCCN(CCC(=O)O)c1cc(Cl)ccc1C. The van der Waals surface area contributed by atoms with E-state index in [-0.39, 0.29) is 6.42 Å². The number of aliphatic carboxylic acids is 1. The van der Waals surface area contributed by atoms with Crippen LogP contribution in [0.25, 0.3) is 0 Å². The number of hydrogen-bond acceptors (Lipinski definition) is 2. The van der Waals surface area contributed by atoms with E-state index >= 15 is 0 Å². The van der Waals surface area contributed by atoms with Gasteiger partial charge in [0.15, 0.2) is 0 Å². The molecule has 0 atom stereocenters. The summed E-state index contributed by atoms with van der Waals surface area (Å²) in [6.45, 7) is 5.53. The van der Waals surface area contributed by atoms with Gasteiger partial charge >= 0.3 is 5.97 Å². The van der Waals surface area contributed by atoms with Crippen LogP contribution in [0.15, 0.2) is 18.2 Å². The van der Waals surface area contributed by atoms with Crippen LogP contribution in [0.5, 0.6) is 0 Å². The molecule has 0 spiro atoms. The lowest BCUT2D eigenvalue weighted by Crippen LogP contribution is -2.27. The number of nitrogens with zero attached hydrogens (tertiary/aromatic N) is 1. The van der Waals surface area contributed by atoms with Crippen molar-refractivity contribution in [2.75, 3.05) is 18.0 Å². The summed E-state index contributed by atoms with van der Waals surface area (Å²) in [7, 11) is 0. The first-order chi connectivity index (χ1) is 8.54. The molecule has 0 bridgehead atoms. The van der Waals surface area contributed by atoms with Crippen molar-refractivity contribution in [3.63, 3.8) is 0 Å². The molecule has 0 aliphatic carbocycles. The molecule has 0 fully saturated rings. The zero-order valence-corrected chi connectivity index (χ0v) is 11.7. The molecule has 0 amide bonds. The molecular weight excluding hydrogens is 250 g/mol. The monoisotopic (exact) mass is 269 g/mol. The van der Waals surface area contributed by atoms with Gasteiger partial charge in [0.25, 0.3) is 0 Å². The molecule has 0 radical (unpaired) electrons. The number of carboxylic acids is 1. The fraction of sp³-hybridized carbons (Fsp3) is 0.500. The van der Waals surface area contributed by atoms with Crippen LogP contribution in [0, 0.1) is 6.92 Å². The zero-order valence-electron chi connectivity index (χ0n) is 10.9. The Hall–Kier alpha value is -1.22. The number of carboxylic acid groups (broad SMARTS) is 1. The van der Waals surface area contributed by atoms with Gasteiger partial charge in [0.05, 0.1) is 6.42 Å². The van der Waals surface area contributed by atoms with Crippen LogP contribution >= 0.6 is 11.6 Å². The van der Waals surface area contributed by atoms with Crippen molar-refractivity contribution in [2.24, 2.45) is 0 Å². The van der Waals surface area contributed by atoms with Gasteiger partial charge in [0, 0.05) is 23.8 Å². The lowest BCUT2D eigenvalue weighted by Gasteiger charge is -2.26. The second-order valence-corrected chi connectivity index (χ2v) is 4.85. The summed E-state index contributed by atoms with van der Waals surface area (Å²) in [6, 6.07) is 5.74. The Morgan fingerprint density at radius 1 is 1.39 bits per heavy atom. The van der Waals surface area contributed by atoms with Crippen molar-refractivity contribution in [1.29, 1.82) is 0 Å². The zero-order chi connectivity index (χ0) is 13.5. The number of aryl methyl sites for hydroxylation is 1. The minimum absolute atomic E-state index is 0.148. The molecule has 0 aliphatic heterocycles. The first-order valence-electron chi connectivity index (χ1n) is 6.27. The molecule has 1 N–H and O–H groups in total. The quantitative estimate of drug-likeness (QED) is 0.820. The maximum Gasteiger partial charge on any atom is 0.305 e. The molecule has 1 aromatic rings. The topological polar surface area (TPSA) is 40.5 Å². The van der Waals surface area contributed by atoms with E-state index in [0.717, 1.165) is 30.6 Å². The van der Waals surface area contributed by atoms with Crippen molar-refractivity contribution in [2.45, 2.75) is 33.1 Å². The van der Waals surface area contributed by atoms with Crippen molar-refractivity contribution >= 4 is 23.3 Å². The van der Waals surface area contributed by atoms with Crippen LogP contribution in [-0.2, 0) is 4.79 Å². The predicted molar refractivity (Wildman–Crippen MR) is 75.6 cm³/mol. The molecule has 0 saturated heterocycles. The summed E-state index contributed by atoms with van der Waals surface area (Å²) in [4.78, 5) is 12.8. The van der Waals surface area contributed by atoms with E-state index in [2.05, 4.69) is 11.8 Å². The minimum Gasteiger partial charge on any atom is -0.481 e. The first kappa shape index (κ1) is 14.8. The molecule has 1 rings (SSSR count). The Kier molecular flexibility index (Phi) is 5.99. The van der Waals surface area contributed by atoms with Crippen molar-refractivity contribution in [3.8, 4) is 0 Å². The van der Waals surface area contributed by atoms with Gasteiger partial charge in [-0.05, 0) is 31.0 Å². The van der Waals surface area contributed by atoms with E-state index < -0.39 is 5.97 Å². The molecule has 18 heavy (non-hydrogen) atoms. The molecule has 0 saturated carbocycles. The van der Waals surface area contributed by atoms with Crippen LogP contribution in [-0.4, -0.2) is 24.2 Å². The summed E-state index contributed by atoms with van der Waals surface area (Å²) in [5.74, 6) is -0.767. The highest BCUT2D eigenvalue weighted by Gasteiger charge is 2.11. The average molecular weight is 270 g/mol. The summed E-state index contributed by atoms with van der Waals surface area (Å²) < 4.78 is 0. The molecule has 0 unspecified atom stereocenters. The van der Waals surface area contributed by atoms with E-state index in [0.29, 0.717) is 11.6 Å². The molecule has 0 heterocycles. The fourth-order valence-electron chi connectivity index (χ4n) is 1.86. The predicted octanol–water partition coefficient (Wildman–Crippen LogP) is 3.73. The largest absolute Gasteiger partial charge is 0.481 e. The molecule has 0 aliphatic rings. The number of halogens is 1. The smallest absolute Gasteiger partial charge is 0.305 e. The van der Waals surface area contributed by atoms with E-state index in [1.165, 1.54) is 0 Å². The molecule has 100 valence electrons. The van der Waals surface area contributed by atoms with Crippen LogP contribution in [0.2, 0.25) is 5.02 Å². The Morgan fingerprint density at radius 2 is 2.11 bits per heavy atom. The number of benzene rings is 1. The Bertz CT molecular complexity index is 407. The van der Waals surface area contributed by atoms with Crippen molar-refractivity contribution in [1.82, 2.24) is 0 Å². The van der Waals surface area contributed by atoms with Crippen LogP contribution in [0.4, 0.5) is 5.69 Å². The van der Waals surface area contributed by atoms with Crippen LogP contribution in [0.3, 0.4) is 0 Å². The summed E-state index contributed by atoms with van der Waals surface area (Å²) in [5.41, 5.74) is 2.16. The highest BCUT2D eigenvalue weighted by Crippen LogP contribution is 2.24. The maximum atomic E-state index is 10.7. The third-order valence-corrected chi connectivity index (χ3v) is 3.12. The lowest BCUT2D eigenvalue weighted by atomic mass is 10.1. The number of unbranched alkanes of at least 4 members (excludes halogenated alkanes) is 1. The number of rotatable bonds is 7. The third kappa shape index (κ3) is 4.57. The number of anilines is 1. The highest BCUT2D eigenvalue weighted by atomic mass is 35.5. The highest BCUT2D eigenvalue weighted by molar-refractivity contribution is 6.30. The van der Waals surface area contributed by atoms with Crippen LogP contribution < -0.4 is 4.90 Å². The van der Waals surface area contributed by atoms with Crippen molar-refractivity contribution < 1.29 is 9.90 Å². The first-order valence-corrected chi connectivity index (χ1v) is 6.65. The average Bonchev–Trinajstić information content (AvgIpc) is 2.32. The summed E-state index contributed by atoms with van der Waals surface area (Å²) >= 11 is 6.01. The van der Waals surface area contributed by atoms with Gasteiger partial charge in [-0.2, -0.15) is 0 Å². The molecular formula is C14H20ClNO2. The Balaban J connectivity index is 2.85. The van der Waals surface area contributed by atoms with Gasteiger partial charge in [-0.1, -0.05) is 31.0 Å². The second kappa shape index (κ2) is 7.27. The Morgan fingerprint density at radius 3 is 2.72 bits per heavy atom. The molecule has 0 aromatic heterocycles. The van der Waals surface area contributed by atoms with Crippen LogP contribution in [0.1, 0.15) is 31.7 Å². The van der Waals surface area contributed by atoms with E-state index in [9.17, 15) is 4.79 Å². The molecule has 1 aromatic carbocycles. The normalized spacial score (nSPS) is 10.4. The van der Waals surface area contributed by atoms with Gasteiger partial charge < -0.3 is 10.0 Å². The van der Waals surface area contributed by atoms with Gasteiger partial charge in [-0.15, -0.1) is 0 Å². The van der Waals surface area contributed by atoms with Gasteiger partial charge in [0.2, 0.25) is 0 Å². The van der Waals surface area contributed by atoms with Gasteiger partial charge in [0.1, 0.15) is 0 Å². The van der Waals surface area contributed by atoms with E-state index in [1.54, 1.807) is 0 Å². The summed E-state index contributed by atoms with van der Waals surface area (Å²) in [5, 5.41) is 9.49. The fourth-order valence-corrected chi connectivity index (χ4v) is 2.02.